The molecule has 1 N–H and O–H groups in total. The third-order valence-electron chi connectivity index (χ3n) is 5.68. The Hall–Kier alpha value is -3.03. The van der Waals surface area contributed by atoms with Gasteiger partial charge in [0.1, 0.15) is 5.82 Å². The molecule has 5 rings (SSSR count). The summed E-state index contributed by atoms with van der Waals surface area (Å²) in [6.45, 7) is 3.06. The standard InChI is InChI=1S/C25H24FN3O2S/c26-19-17-18(9-10-20(19)28-13-15-31-16-14-28)27-25(30)11-12-29-21-5-1-3-7-23(21)32-24-8-4-2-6-22(24)29/h1-10,17H,11-16H2,(H,27,30). The molecule has 2 aliphatic rings. The van der Waals surface area contributed by atoms with E-state index in [-0.39, 0.29) is 11.7 Å². The van der Waals surface area contributed by atoms with Crippen molar-refractivity contribution in [3.8, 4) is 0 Å². The number of hydrogen-bond acceptors (Lipinski definition) is 5. The van der Waals surface area contributed by atoms with Crippen molar-refractivity contribution in [1.29, 1.82) is 0 Å². The molecule has 1 amide bonds. The minimum absolute atomic E-state index is 0.142. The molecule has 3 aromatic carbocycles. The zero-order valence-electron chi connectivity index (χ0n) is 17.6. The van der Waals surface area contributed by atoms with Gasteiger partial charge in [0.2, 0.25) is 5.91 Å². The molecule has 0 radical (unpaired) electrons. The number of ether oxygens (including phenoxy) is 1. The van der Waals surface area contributed by atoms with E-state index in [1.807, 2.05) is 29.2 Å². The first-order chi connectivity index (χ1) is 15.7. The Balaban J connectivity index is 1.26. The quantitative estimate of drug-likeness (QED) is 0.573. The van der Waals surface area contributed by atoms with Crippen molar-refractivity contribution in [2.45, 2.75) is 16.2 Å². The van der Waals surface area contributed by atoms with E-state index in [4.69, 9.17) is 4.74 Å². The average Bonchev–Trinajstić information content (AvgIpc) is 2.82. The Morgan fingerprint density at radius 1 is 0.938 bits per heavy atom. The number of halogens is 1. The Morgan fingerprint density at radius 2 is 1.59 bits per heavy atom. The predicted octanol–water partition coefficient (Wildman–Crippen LogP) is 5.29. The van der Waals surface area contributed by atoms with Crippen molar-refractivity contribution in [2.24, 2.45) is 0 Å². The number of anilines is 4. The van der Waals surface area contributed by atoms with Gasteiger partial charge >= 0.3 is 0 Å². The first kappa shape index (κ1) is 20.8. The van der Waals surface area contributed by atoms with Gasteiger partial charge < -0.3 is 19.9 Å². The number of hydrogen-bond donors (Lipinski definition) is 1. The van der Waals surface area contributed by atoms with Crippen LogP contribution in [0.25, 0.3) is 0 Å². The van der Waals surface area contributed by atoms with Gasteiger partial charge in [-0.25, -0.2) is 4.39 Å². The largest absolute Gasteiger partial charge is 0.378 e. The summed E-state index contributed by atoms with van der Waals surface area (Å²) in [6.07, 6.45) is 0.292. The molecule has 3 aromatic rings. The van der Waals surface area contributed by atoms with Crippen LogP contribution in [0.5, 0.6) is 0 Å². The molecule has 0 atom stereocenters. The lowest BCUT2D eigenvalue weighted by molar-refractivity contribution is -0.116. The summed E-state index contributed by atoms with van der Waals surface area (Å²) in [4.78, 5) is 19.2. The molecule has 2 heterocycles. The number of nitrogens with one attached hydrogen (secondary N) is 1. The van der Waals surface area contributed by atoms with Crippen molar-refractivity contribution in [3.63, 3.8) is 0 Å². The van der Waals surface area contributed by atoms with Gasteiger partial charge in [-0.2, -0.15) is 0 Å². The van der Waals surface area contributed by atoms with Gasteiger partial charge in [-0.3, -0.25) is 4.79 Å². The second-order valence-electron chi connectivity index (χ2n) is 7.75. The number of carbonyl (C=O) groups excluding carboxylic acids is 1. The third kappa shape index (κ3) is 4.31. The van der Waals surface area contributed by atoms with Crippen LogP contribution in [0.15, 0.2) is 76.5 Å². The van der Waals surface area contributed by atoms with Gasteiger partial charge in [-0.1, -0.05) is 36.0 Å². The minimum atomic E-state index is -0.333. The molecule has 0 aromatic heterocycles. The molecule has 32 heavy (non-hydrogen) atoms. The third-order valence-corrected chi connectivity index (χ3v) is 6.81. The number of nitrogens with zero attached hydrogens (tertiary/aromatic N) is 2. The summed E-state index contributed by atoms with van der Waals surface area (Å²) in [6, 6.07) is 21.3. The van der Waals surface area contributed by atoms with Crippen LogP contribution < -0.4 is 15.1 Å². The number of para-hydroxylation sites is 2. The maximum atomic E-state index is 14.6. The lowest BCUT2D eigenvalue weighted by Crippen LogP contribution is -2.36. The van der Waals surface area contributed by atoms with Gasteiger partial charge in [0.05, 0.1) is 30.3 Å². The fraction of sp³-hybridized carbons (Fsp3) is 0.240. The summed E-state index contributed by atoms with van der Waals surface area (Å²) < 4.78 is 20.0. The second kappa shape index (κ2) is 9.22. The van der Waals surface area contributed by atoms with Gasteiger partial charge in [-0.15, -0.1) is 0 Å². The van der Waals surface area contributed by atoms with Gasteiger partial charge in [-0.05, 0) is 42.5 Å². The van der Waals surface area contributed by atoms with Gasteiger partial charge in [0.15, 0.2) is 0 Å². The zero-order chi connectivity index (χ0) is 21.9. The molecular formula is C25H24FN3O2S. The van der Waals surface area contributed by atoms with Crippen LogP contribution in [0.1, 0.15) is 6.42 Å². The van der Waals surface area contributed by atoms with Crippen molar-refractivity contribution in [3.05, 3.63) is 72.5 Å². The van der Waals surface area contributed by atoms with Crippen molar-refractivity contribution < 1.29 is 13.9 Å². The van der Waals surface area contributed by atoms with Crippen LogP contribution in [-0.4, -0.2) is 38.8 Å². The molecule has 1 saturated heterocycles. The normalized spacial score (nSPS) is 15.2. The SMILES string of the molecule is O=C(CCN1c2ccccc2Sc2ccccc21)Nc1ccc(N2CCOCC2)c(F)c1. The maximum absolute atomic E-state index is 14.6. The smallest absolute Gasteiger partial charge is 0.226 e. The molecule has 0 spiro atoms. The number of rotatable bonds is 5. The number of benzene rings is 3. The molecule has 164 valence electrons. The van der Waals surface area contributed by atoms with Crippen LogP contribution in [0, 0.1) is 5.82 Å². The first-order valence-electron chi connectivity index (χ1n) is 10.7. The molecule has 0 unspecified atom stereocenters. The topological polar surface area (TPSA) is 44.8 Å². The van der Waals surface area contributed by atoms with Crippen molar-refractivity contribution >= 4 is 40.4 Å². The summed E-state index contributed by atoms with van der Waals surface area (Å²) in [5.41, 5.74) is 3.22. The van der Waals surface area contributed by atoms with Crippen molar-refractivity contribution in [2.75, 3.05) is 48.0 Å². The van der Waals surface area contributed by atoms with E-state index >= 15 is 0 Å². The molecule has 2 aliphatic heterocycles. The van der Waals surface area contributed by atoms with Crippen LogP contribution in [0.2, 0.25) is 0 Å². The fourth-order valence-corrected chi connectivity index (χ4v) is 5.20. The number of carbonyl (C=O) groups is 1. The highest BCUT2D eigenvalue weighted by molar-refractivity contribution is 7.99. The highest BCUT2D eigenvalue weighted by atomic mass is 32.2. The summed E-state index contributed by atoms with van der Waals surface area (Å²) in [7, 11) is 0. The molecule has 1 fully saturated rings. The Kier molecular flexibility index (Phi) is 6.01. The summed E-state index contributed by atoms with van der Waals surface area (Å²) in [5.74, 6) is -0.475. The molecule has 5 nitrogen and oxygen atoms in total. The summed E-state index contributed by atoms with van der Waals surface area (Å²) >= 11 is 1.74. The van der Waals surface area contributed by atoms with E-state index in [0.717, 1.165) is 11.4 Å². The lowest BCUT2D eigenvalue weighted by Gasteiger charge is -2.32. The van der Waals surface area contributed by atoms with E-state index in [2.05, 4.69) is 34.5 Å². The minimum Gasteiger partial charge on any atom is -0.378 e. The van der Waals surface area contributed by atoms with E-state index < -0.39 is 0 Å². The van der Waals surface area contributed by atoms with E-state index in [0.29, 0.717) is 50.6 Å². The average molecular weight is 450 g/mol. The fourth-order valence-electron chi connectivity index (χ4n) is 4.10. The Morgan fingerprint density at radius 3 is 2.25 bits per heavy atom. The molecular weight excluding hydrogens is 425 g/mol. The van der Waals surface area contributed by atoms with E-state index in [9.17, 15) is 9.18 Å². The highest BCUT2D eigenvalue weighted by Crippen LogP contribution is 2.47. The zero-order valence-corrected chi connectivity index (χ0v) is 18.4. The van der Waals surface area contributed by atoms with Gasteiger partial charge in [0, 0.05) is 41.5 Å². The van der Waals surface area contributed by atoms with Crippen LogP contribution in [0.4, 0.5) is 27.1 Å². The number of fused-ring (bicyclic) bond motifs is 2. The lowest BCUT2D eigenvalue weighted by atomic mass is 10.2. The first-order valence-corrected chi connectivity index (χ1v) is 11.6. The molecule has 0 aliphatic carbocycles. The Labute approximate surface area is 191 Å². The molecule has 0 saturated carbocycles. The van der Waals surface area contributed by atoms with Crippen LogP contribution in [-0.2, 0) is 9.53 Å². The molecule has 7 heteroatoms. The second-order valence-corrected chi connectivity index (χ2v) is 8.84. The summed E-state index contributed by atoms with van der Waals surface area (Å²) in [5, 5.41) is 2.85. The van der Waals surface area contributed by atoms with Crippen LogP contribution in [0.3, 0.4) is 0 Å². The number of morpholine rings is 1. The van der Waals surface area contributed by atoms with Gasteiger partial charge in [0.25, 0.3) is 0 Å². The number of amides is 1. The Bertz CT molecular complexity index is 1090. The maximum Gasteiger partial charge on any atom is 0.226 e. The monoisotopic (exact) mass is 449 g/mol. The van der Waals surface area contributed by atoms with Crippen molar-refractivity contribution in [1.82, 2.24) is 0 Å². The predicted molar refractivity (Wildman–Crippen MR) is 127 cm³/mol. The van der Waals surface area contributed by atoms with E-state index in [1.54, 1.807) is 23.9 Å². The van der Waals surface area contributed by atoms with Crippen LogP contribution >= 0.6 is 11.8 Å². The van der Waals surface area contributed by atoms with E-state index in [1.165, 1.54) is 15.9 Å². The molecule has 0 bridgehead atoms. The highest BCUT2D eigenvalue weighted by Gasteiger charge is 2.23.